The first-order chi connectivity index (χ1) is 17.0. The minimum absolute atomic E-state index is 0.143. The Balaban J connectivity index is 1.89. The van der Waals surface area contributed by atoms with Crippen molar-refractivity contribution in [1.29, 1.82) is 0 Å². The van der Waals surface area contributed by atoms with Gasteiger partial charge in [0.1, 0.15) is 16.6 Å². The normalized spacial score (nSPS) is 31.8. The van der Waals surface area contributed by atoms with Crippen molar-refractivity contribution >= 4 is 23.9 Å². The number of allylic oxidation sites excluding steroid dienone is 3. The zero-order valence-corrected chi connectivity index (χ0v) is 21.8. The van der Waals surface area contributed by atoms with Crippen LogP contribution in [0, 0.1) is 11.3 Å². The minimum Gasteiger partial charge on any atom is -0.478 e. The number of rotatable bonds is 10. The summed E-state index contributed by atoms with van der Waals surface area (Å²) in [7, 11) is 0. The van der Waals surface area contributed by atoms with Crippen molar-refractivity contribution in [3.63, 3.8) is 0 Å². The van der Waals surface area contributed by atoms with Crippen molar-refractivity contribution in [3.05, 3.63) is 35.5 Å². The summed E-state index contributed by atoms with van der Waals surface area (Å²) in [6.07, 6.45) is 12.4. The molecule has 1 saturated carbocycles. The number of hydrogen-bond donors (Lipinski definition) is 1. The molecular weight excluding hydrogens is 464 g/mol. The van der Waals surface area contributed by atoms with Crippen LogP contribution in [0.4, 0.5) is 0 Å². The second kappa shape index (κ2) is 11.0. The lowest BCUT2D eigenvalue weighted by Crippen LogP contribution is -2.65. The van der Waals surface area contributed by atoms with Crippen LogP contribution in [0.3, 0.4) is 0 Å². The van der Waals surface area contributed by atoms with E-state index >= 15 is 0 Å². The Morgan fingerprint density at radius 3 is 2.61 bits per heavy atom. The molecular formula is C28H38O8. The van der Waals surface area contributed by atoms with Gasteiger partial charge in [-0.05, 0) is 58.4 Å². The Labute approximate surface area is 212 Å². The maximum Gasteiger partial charge on any atom is 0.333 e. The first-order valence-electron chi connectivity index (χ1n) is 12.9. The SMILES string of the molecule is CCCCCCOC(=O)C1=CC[C@@]23CC[C@@H]([C@@](C)(/C=C/C=C(\C)C(=O)O)OC2=O)[C@@]3(OC(C)=O)CC1. The van der Waals surface area contributed by atoms with Crippen molar-refractivity contribution in [3.8, 4) is 0 Å². The number of carboxylic acids is 1. The van der Waals surface area contributed by atoms with Crippen LogP contribution in [-0.4, -0.2) is 46.8 Å². The molecule has 1 N–H and O–H groups in total. The van der Waals surface area contributed by atoms with Gasteiger partial charge in [0, 0.05) is 24.0 Å². The molecule has 0 aromatic carbocycles. The van der Waals surface area contributed by atoms with Gasteiger partial charge in [-0.25, -0.2) is 9.59 Å². The van der Waals surface area contributed by atoms with Crippen LogP contribution < -0.4 is 0 Å². The number of carboxylic acid groups (broad SMARTS) is 1. The molecule has 0 spiro atoms. The lowest BCUT2D eigenvalue weighted by Gasteiger charge is -2.54. The van der Waals surface area contributed by atoms with Crippen LogP contribution >= 0.6 is 0 Å². The molecule has 0 amide bonds. The third-order valence-corrected chi connectivity index (χ3v) is 8.02. The van der Waals surface area contributed by atoms with E-state index in [1.54, 1.807) is 25.2 Å². The van der Waals surface area contributed by atoms with Gasteiger partial charge < -0.3 is 19.3 Å². The van der Waals surface area contributed by atoms with Gasteiger partial charge in [0.05, 0.1) is 6.61 Å². The summed E-state index contributed by atoms with van der Waals surface area (Å²) in [4.78, 5) is 49.9. The maximum absolute atomic E-state index is 13.6. The predicted octanol–water partition coefficient (Wildman–Crippen LogP) is 4.82. The highest BCUT2D eigenvalue weighted by Crippen LogP contribution is 2.65. The summed E-state index contributed by atoms with van der Waals surface area (Å²) in [5.41, 5.74) is -2.68. The van der Waals surface area contributed by atoms with E-state index in [1.165, 1.54) is 19.9 Å². The Morgan fingerprint density at radius 1 is 1.19 bits per heavy atom. The van der Waals surface area contributed by atoms with Crippen LogP contribution in [0.15, 0.2) is 35.5 Å². The molecule has 1 saturated heterocycles. The Kier molecular flexibility index (Phi) is 8.47. The fourth-order valence-corrected chi connectivity index (χ4v) is 6.11. The monoisotopic (exact) mass is 502 g/mol. The molecule has 3 rings (SSSR count). The molecule has 0 aromatic heterocycles. The molecule has 36 heavy (non-hydrogen) atoms. The summed E-state index contributed by atoms with van der Waals surface area (Å²) in [5.74, 6) is -2.73. The van der Waals surface area contributed by atoms with Gasteiger partial charge in [-0.3, -0.25) is 9.59 Å². The number of carbonyl (C=O) groups is 4. The number of esters is 3. The van der Waals surface area contributed by atoms with Gasteiger partial charge >= 0.3 is 23.9 Å². The lowest BCUT2D eigenvalue weighted by molar-refractivity contribution is -0.235. The molecule has 4 atom stereocenters. The smallest absolute Gasteiger partial charge is 0.333 e. The second-order valence-electron chi connectivity index (χ2n) is 10.4. The fourth-order valence-electron chi connectivity index (χ4n) is 6.11. The van der Waals surface area contributed by atoms with E-state index in [0.717, 1.165) is 25.7 Å². The van der Waals surface area contributed by atoms with E-state index in [1.807, 2.05) is 0 Å². The van der Waals surface area contributed by atoms with E-state index in [0.29, 0.717) is 37.9 Å². The Bertz CT molecular complexity index is 992. The van der Waals surface area contributed by atoms with E-state index < -0.39 is 34.5 Å². The van der Waals surface area contributed by atoms with Crippen LogP contribution in [0.2, 0.25) is 0 Å². The van der Waals surface area contributed by atoms with Gasteiger partial charge in [-0.1, -0.05) is 44.4 Å². The highest BCUT2D eigenvalue weighted by molar-refractivity contribution is 5.90. The highest BCUT2D eigenvalue weighted by Gasteiger charge is 2.74. The van der Waals surface area contributed by atoms with E-state index in [2.05, 4.69) is 6.92 Å². The van der Waals surface area contributed by atoms with E-state index in [4.69, 9.17) is 19.3 Å². The Morgan fingerprint density at radius 2 is 1.94 bits per heavy atom. The van der Waals surface area contributed by atoms with Gasteiger partial charge in [0.2, 0.25) is 0 Å². The third kappa shape index (κ3) is 5.13. The molecule has 8 nitrogen and oxygen atoms in total. The van der Waals surface area contributed by atoms with Crippen LogP contribution in [-0.2, 0) is 33.4 Å². The summed E-state index contributed by atoms with van der Waals surface area (Å²) in [6, 6.07) is 0. The van der Waals surface area contributed by atoms with Crippen LogP contribution in [0.5, 0.6) is 0 Å². The number of hydrogen-bond acceptors (Lipinski definition) is 7. The molecule has 0 unspecified atom stereocenters. The first-order valence-corrected chi connectivity index (χ1v) is 12.9. The molecule has 2 fully saturated rings. The van der Waals surface area contributed by atoms with Crippen LogP contribution in [0.25, 0.3) is 0 Å². The number of unbranched alkanes of at least 4 members (excludes halogenated alkanes) is 3. The predicted molar refractivity (Wildman–Crippen MR) is 132 cm³/mol. The fraction of sp³-hybridized carbons (Fsp3) is 0.643. The lowest BCUT2D eigenvalue weighted by atomic mass is 9.62. The number of ether oxygens (including phenoxy) is 3. The van der Waals surface area contributed by atoms with E-state index in [-0.39, 0.29) is 23.9 Å². The standard InChI is InChI=1S/C28H38O8/c1-5-6-7-8-18-34-24(32)21-11-15-27-16-13-22(28(27,17-12-21)35-20(3)29)26(4,36-25(27)33)14-9-10-19(2)23(30)31/h9-11,14,22H,5-8,12-13,15-18H2,1-4H3,(H,30,31)/b14-9+,19-10+/t22-,26+,27+,28-/m0/s1. The molecule has 8 heteroatoms. The minimum atomic E-state index is -1.14. The molecule has 0 aromatic rings. The van der Waals surface area contributed by atoms with Crippen molar-refractivity contribution in [2.24, 2.45) is 11.3 Å². The van der Waals surface area contributed by atoms with Gasteiger partial charge in [-0.2, -0.15) is 0 Å². The quantitative estimate of drug-likeness (QED) is 0.149. The molecule has 3 aliphatic rings. The average Bonchev–Trinajstić information content (AvgIpc) is 2.95. The maximum atomic E-state index is 13.6. The number of carbonyl (C=O) groups excluding carboxylic acids is 3. The van der Waals surface area contributed by atoms with Crippen molar-refractivity contribution in [1.82, 2.24) is 0 Å². The molecule has 198 valence electrons. The summed E-state index contributed by atoms with van der Waals surface area (Å²) < 4.78 is 17.5. The van der Waals surface area contributed by atoms with Crippen molar-refractivity contribution in [2.45, 2.75) is 96.7 Å². The summed E-state index contributed by atoms with van der Waals surface area (Å²) >= 11 is 0. The third-order valence-electron chi connectivity index (χ3n) is 8.02. The van der Waals surface area contributed by atoms with Gasteiger partial charge in [0.25, 0.3) is 0 Å². The molecule has 1 heterocycles. The van der Waals surface area contributed by atoms with E-state index in [9.17, 15) is 19.2 Å². The number of cyclic esters (lactones) is 1. The largest absolute Gasteiger partial charge is 0.478 e. The van der Waals surface area contributed by atoms with Crippen LogP contribution in [0.1, 0.15) is 85.5 Å². The molecule has 0 radical (unpaired) electrons. The average molecular weight is 503 g/mol. The highest BCUT2D eigenvalue weighted by atomic mass is 16.6. The molecule has 2 aliphatic carbocycles. The molecule has 1 aliphatic heterocycles. The topological polar surface area (TPSA) is 116 Å². The van der Waals surface area contributed by atoms with Crippen molar-refractivity contribution < 1.29 is 38.5 Å². The summed E-state index contributed by atoms with van der Waals surface area (Å²) in [5, 5.41) is 9.13. The first kappa shape index (κ1) is 27.7. The van der Waals surface area contributed by atoms with Crippen molar-refractivity contribution in [2.75, 3.05) is 6.61 Å². The summed E-state index contributed by atoms with van der Waals surface area (Å²) in [6.45, 7) is 7.04. The van der Waals surface area contributed by atoms with Gasteiger partial charge in [-0.15, -0.1) is 0 Å². The number of aliphatic carboxylic acids is 1. The van der Waals surface area contributed by atoms with Gasteiger partial charge in [0.15, 0.2) is 0 Å². The molecule has 2 bridgehead atoms. The second-order valence-corrected chi connectivity index (χ2v) is 10.4. The zero-order valence-electron chi connectivity index (χ0n) is 21.8. The Hall–Kier alpha value is -2.90. The zero-order chi connectivity index (χ0) is 26.6.